The van der Waals surface area contributed by atoms with Crippen LogP contribution in [0.15, 0.2) is 12.2 Å². The lowest BCUT2D eigenvalue weighted by molar-refractivity contribution is -0.173. The van der Waals surface area contributed by atoms with Crippen molar-refractivity contribution in [1.29, 1.82) is 0 Å². The second-order valence-corrected chi connectivity index (χ2v) is 6.54. The number of carbonyl (C=O) groups excluding carboxylic acids is 1. The molecule has 1 heterocycles. The Hall–Kier alpha value is -0.870. The van der Waals surface area contributed by atoms with Gasteiger partial charge in [0.15, 0.2) is 5.79 Å². The Kier molecular flexibility index (Phi) is 4.26. The molecule has 0 aromatic carbocycles. The largest absolute Gasteiger partial charge is 0.469 e. The van der Waals surface area contributed by atoms with E-state index in [2.05, 4.69) is 6.58 Å². The van der Waals surface area contributed by atoms with Crippen LogP contribution in [0.1, 0.15) is 40.0 Å². The van der Waals surface area contributed by atoms with E-state index in [1.165, 1.54) is 7.11 Å². The summed E-state index contributed by atoms with van der Waals surface area (Å²) in [6, 6.07) is 0. The van der Waals surface area contributed by atoms with Crippen LogP contribution in [0.3, 0.4) is 0 Å². The van der Waals surface area contributed by atoms with Gasteiger partial charge < -0.3 is 14.2 Å². The van der Waals surface area contributed by atoms with Gasteiger partial charge in [-0.2, -0.15) is 0 Å². The van der Waals surface area contributed by atoms with Gasteiger partial charge in [-0.05, 0) is 45.4 Å². The second-order valence-electron chi connectivity index (χ2n) is 6.54. The Morgan fingerprint density at radius 1 is 1.35 bits per heavy atom. The summed E-state index contributed by atoms with van der Waals surface area (Å²) in [7, 11) is 1.46. The number of carbonyl (C=O) groups is 1. The molecule has 1 saturated heterocycles. The van der Waals surface area contributed by atoms with Gasteiger partial charge in [0.1, 0.15) is 0 Å². The molecule has 0 N–H and O–H groups in total. The van der Waals surface area contributed by atoms with Gasteiger partial charge in [-0.3, -0.25) is 4.79 Å². The quantitative estimate of drug-likeness (QED) is 0.587. The number of allylic oxidation sites excluding steroid dienone is 1. The zero-order valence-corrected chi connectivity index (χ0v) is 13.0. The van der Waals surface area contributed by atoms with E-state index in [-0.39, 0.29) is 11.9 Å². The highest BCUT2D eigenvalue weighted by Crippen LogP contribution is 2.53. The van der Waals surface area contributed by atoms with Gasteiger partial charge in [0, 0.05) is 6.42 Å². The molecule has 0 unspecified atom stereocenters. The number of methoxy groups -OCH3 is 1. The van der Waals surface area contributed by atoms with Gasteiger partial charge in [0.05, 0.1) is 25.7 Å². The lowest BCUT2D eigenvalue weighted by Gasteiger charge is -2.36. The molecule has 2 aliphatic rings. The van der Waals surface area contributed by atoms with Crippen LogP contribution in [0.25, 0.3) is 0 Å². The molecule has 1 aliphatic heterocycles. The van der Waals surface area contributed by atoms with Crippen molar-refractivity contribution in [3.8, 4) is 0 Å². The van der Waals surface area contributed by atoms with Crippen LogP contribution >= 0.6 is 0 Å². The maximum absolute atomic E-state index is 12.3. The van der Waals surface area contributed by atoms with Crippen molar-refractivity contribution >= 4 is 5.97 Å². The molecule has 4 heteroatoms. The minimum atomic E-state index is -0.585. The average Bonchev–Trinajstić information content (AvgIpc) is 2.95. The summed E-state index contributed by atoms with van der Waals surface area (Å²) >= 11 is 0. The Bertz CT molecular complexity index is 397. The number of rotatable bonds is 4. The molecule has 2 fully saturated rings. The first-order valence-corrected chi connectivity index (χ1v) is 7.34. The van der Waals surface area contributed by atoms with Crippen LogP contribution in [0.4, 0.5) is 0 Å². The monoisotopic (exact) mass is 282 g/mol. The van der Waals surface area contributed by atoms with E-state index in [0.717, 1.165) is 18.4 Å². The zero-order chi connectivity index (χ0) is 15.0. The Morgan fingerprint density at radius 3 is 2.45 bits per heavy atom. The first-order valence-electron chi connectivity index (χ1n) is 7.34. The Balaban J connectivity index is 2.25. The Morgan fingerprint density at radius 2 is 1.95 bits per heavy atom. The van der Waals surface area contributed by atoms with E-state index in [9.17, 15) is 4.79 Å². The van der Waals surface area contributed by atoms with Crippen LogP contribution in [-0.2, 0) is 19.0 Å². The van der Waals surface area contributed by atoms with Gasteiger partial charge in [-0.15, -0.1) is 0 Å². The number of esters is 1. The summed E-state index contributed by atoms with van der Waals surface area (Å²) in [4.78, 5) is 12.3. The van der Waals surface area contributed by atoms with Crippen molar-refractivity contribution in [3.05, 3.63) is 12.2 Å². The topological polar surface area (TPSA) is 44.8 Å². The van der Waals surface area contributed by atoms with Gasteiger partial charge in [-0.25, -0.2) is 0 Å². The third-order valence-electron chi connectivity index (χ3n) is 5.05. The average molecular weight is 282 g/mol. The lowest BCUT2D eigenvalue weighted by atomic mass is 9.72. The third-order valence-corrected chi connectivity index (χ3v) is 5.05. The fourth-order valence-corrected chi connectivity index (χ4v) is 3.80. The van der Waals surface area contributed by atoms with Gasteiger partial charge in [0.2, 0.25) is 0 Å². The van der Waals surface area contributed by atoms with E-state index in [1.54, 1.807) is 0 Å². The SMILES string of the molecule is C=C(C)[C@H]1CC[C@@](C)(C(=O)OC)[C@H]1CC1(C)OCCO1. The summed E-state index contributed by atoms with van der Waals surface area (Å²) in [5.41, 5.74) is 0.653. The van der Waals surface area contributed by atoms with Crippen LogP contribution in [0, 0.1) is 17.3 Å². The van der Waals surface area contributed by atoms with Crippen LogP contribution in [0.2, 0.25) is 0 Å². The standard InChI is InChI=1S/C16H26O4/c1-11(2)12-6-7-15(3,14(17)18-5)13(12)10-16(4)19-8-9-20-16/h12-13H,1,6-10H2,2-5H3/t12-,13+,15-/m1/s1. The molecule has 0 radical (unpaired) electrons. The van der Waals surface area contributed by atoms with Crippen molar-refractivity contribution in [2.45, 2.75) is 45.8 Å². The van der Waals surface area contributed by atoms with Gasteiger partial charge in [-0.1, -0.05) is 12.2 Å². The first kappa shape index (κ1) is 15.5. The summed E-state index contributed by atoms with van der Waals surface area (Å²) in [5.74, 6) is -0.245. The number of hydrogen-bond donors (Lipinski definition) is 0. The van der Waals surface area contributed by atoms with Crippen LogP contribution in [0.5, 0.6) is 0 Å². The van der Waals surface area contributed by atoms with Crippen molar-refractivity contribution in [2.75, 3.05) is 20.3 Å². The Labute approximate surface area is 121 Å². The van der Waals surface area contributed by atoms with Gasteiger partial charge in [0.25, 0.3) is 0 Å². The molecule has 1 saturated carbocycles. The molecule has 114 valence electrons. The van der Waals surface area contributed by atoms with E-state index in [1.807, 2.05) is 20.8 Å². The fourth-order valence-electron chi connectivity index (χ4n) is 3.80. The first-order chi connectivity index (χ1) is 9.32. The zero-order valence-electron chi connectivity index (χ0n) is 13.0. The molecule has 0 amide bonds. The predicted octanol–water partition coefficient (Wildman–Crippen LogP) is 2.92. The highest BCUT2D eigenvalue weighted by molar-refractivity contribution is 5.77. The molecule has 20 heavy (non-hydrogen) atoms. The smallest absolute Gasteiger partial charge is 0.311 e. The second kappa shape index (κ2) is 5.49. The van der Waals surface area contributed by atoms with E-state index in [0.29, 0.717) is 25.6 Å². The highest BCUT2D eigenvalue weighted by Gasteiger charge is 2.53. The van der Waals surface area contributed by atoms with E-state index < -0.39 is 11.2 Å². The minimum absolute atomic E-state index is 0.132. The molecule has 1 aliphatic carbocycles. The van der Waals surface area contributed by atoms with E-state index in [4.69, 9.17) is 14.2 Å². The van der Waals surface area contributed by atoms with Crippen molar-refractivity contribution in [2.24, 2.45) is 17.3 Å². The van der Waals surface area contributed by atoms with Crippen molar-refractivity contribution < 1.29 is 19.0 Å². The molecule has 3 atom stereocenters. The third kappa shape index (κ3) is 2.63. The summed E-state index contributed by atoms with van der Waals surface area (Å²) in [6.45, 7) is 11.4. The summed E-state index contributed by atoms with van der Waals surface area (Å²) < 4.78 is 16.5. The van der Waals surface area contributed by atoms with Crippen LogP contribution in [-0.4, -0.2) is 32.1 Å². The van der Waals surface area contributed by atoms with Crippen molar-refractivity contribution in [3.63, 3.8) is 0 Å². The predicted molar refractivity (Wildman–Crippen MR) is 76.1 cm³/mol. The molecule has 0 aromatic heterocycles. The fraction of sp³-hybridized carbons (Fsp3) is 0.812. The molecule has 0 spiro atoms. The number of ether oxygens (including phenoxy) is 3. The highest BCUT2D eigenvalue weighted by atomic mass is 16.7. The van der Waals surface area contributed by atoms with Crippen LogP contribution < -0.4 is 0 Å². The number of hydrogen-bond acceptors (Lipinski definition) is 4. The maximum Gasteiger partial charge on any atom is 0.311 e. The molecule has 4 nitrogen and oxygen atoms in total. The maximum atomic E-state index is 12.3. The normalized spacial score (nSPS) is 36.0. The molecule has 0 aromatic rings. The summed E-state index contributed by atoms with van der Waals surface area (Å²) in [6.07, 6.45) is 2.51. The minimum Gasteiger partial charge on any atom is -0.469 e. The lowest BCUT2D eigenvalue weighted by Crippen LogP contribution is -2.40. The van der Waals surface area contributed by atoms with E-state index >= 15 is 0 Å². The molecular formula is C16H26O4. The van der Waals surface area contributed by atoms with Crippen molar-refractivity contribution in [1.82, 2.24) is 0 Å². The molecule has 0 bridgehead atoms. The molecule has 2 rings (SSSR count). The molecular weight excluding hydrogens is 256 g/mol. The summed E-state index contributed by atoms with van der Waals surface area (Å²) in [5, 5.41) is 0. The van der Waals surface area contributed by atoms with Gasteiger partial charge >= 0.3 is 5.97 Å².